The molecule has 0 amide bonds. The van der Waals surface area contributed by atoms with E-state index in [1.54, 1.807) is 29.2 Å². The van der Waals surface area contributed by atoms with Crippen LogP contribution < -0.4 is 0 Å². The fraction of sp³-hybridized carbons (Fsp3) is 0.350. The average molecular weight is 327 g/mol. The van der Waals surface area contributed by atoms with Gasteiger partial charge in [-0.15, -0.1) is 0 Å². The van der Waals surface area contributed by atoms with E-state index in [9.17, 15) is 9.18 Å². The summed E-state index contributed by atoms with van der Waals surface area (Å²) in [6.07, 6.45) is 0.0772. The van der Waals surface area contributed by atoms with Crippen LogP contribution in [-0.4, -0.2) is 30.1 Å². The zero-order valence-corrected chi connectivity index (χ0v) is 13.8. The lowest BCUT2D eigenvalue weighted by atomic mass is 10.1. The van der Waals surface area contributed by atoms with E-state index in [0.717, 1.165) is 5.56 Å². The molecule has 4 heteroatoms. The van der Waals surface area contributed by atoms with Crippen molar-refractivity contribution in [1.82, 2.24) is 4.90 Å². The minimum Gasteiger partial charge on any atom is -0.459 e. The highest BCUT2D eigenvalue weighted by molar-refractivity contribution is 5.89. The fourth-order valence-corrected chi connectivity index (χ4v) is 2.95. The van der Waals surface area contributed by atoms with Gasteiger partial charge in [-0.25, -0.2) is 9.18 Å². The van der Waals surface area contributed by atoms with Crippen LogP contribution >= 0.6 is 0 Å². The summed E-state index contributed by atoms with van der Waals surface area (Å²) < 4.78 is 20.1. The molecule has 0 aromatic heterocycles. The first-order chi connectivity index (χ1) is 11.6. The molecule has 0 spiro atoms. The maximum absolute atomic E-state index is 14.5. The molecule has 1 aliphatic heterocycles. The molecular formula is C20H22FNO2. The highest BCUT2D eigenvalue weighted by atomic mass is 19.1. The van der Waals surface area contributed by atoms with Crippen molar-refractivity contribution >= 4 is 5.97 Å². The summed E-state index contributed by atoms with van der Waals surface area (Å²) in [4.78, 5) is 13.9. The molecule has 1 heterocycles. The number of nitrogens with zero attached hydrogens (tertiary/aromatic N) is 1. The zero-order valence-electron chi connectivity index (χ0n) is 13.8. The normalized spacial score (nSPS) is 17.4. The van der Waals surface area contributed by atoms with E-state index in [1.807, 2.05) is 37.3 Å². The van der Waals surface area contributed by atoms with Crippen molar-refractivity contribution in [2.45, 2.75) is 32.2 Å². The van der Waals surface area contributed by atoms with E-state index >= 15 is 0 Å². The number of benzene rings is 2. The molecule has 2 aromatic rings. The highest BCUT2D eigenvalue weighted by Gasteiger charge is 2.27. The lowest BCUT2D eigenvalue weighted by Crippen LogP contribution is -2.38. The first-order valence-electron chi connectivity index (χ1n) is 8.34. The number of ether oxygens (including phenoxy) is 1. The third-order valence-corrected chi connectivity index (χ3v) is 4.43. The summed E-state index contributed by atoms with van der Waals surface area (Å²) in [5, 5.41) is 0. The predicted octanol–water partition coefficient (Wildman–Crippen LogP) is 4.28. The van der Waals surface area contributed by atoms with Crippen LogP contribution in [0.1, 0.15) is 40.6 Å². The number of rotatable bonds is 4. The number of piperidine rings is 1. The summed E-state index contributed by atoms with van der Waals surface area (Å²) in [5.74, 6) is -0.298. The van der Waals surface area contributed by atoms with Gasteiger partial charge in [-0.05, 0) is 31.9 Å². The molecule has 126 valence electrons. The first-order valence-corrected chi connectivity index (χ1v) is 8.34. The molecule has 3 rings (SSSR count). The van der Waals surface area contributed by atoms with Gasteiger partial charge in [-0.1, -0.05) is 48.0 Å². The standard InChI is InChI=1S/C20H22FNO2/c1-15-7-9-17(10-8-15)20(23)24-18-11-13-22(14-12-18)19(21)16-5-3-2-4-6-16/h2-10,18-19H,11-14H2,1H3. The van der Waals surface area contributed by atoms with Gasteiger partial charge in [-0.2, -0.15) is 0 Å². The number of carbonyl (C=O) groups is 1. The molecule has 24 heavy (non-hydrogen) atoms. The molecule has 0 N–H and O–H groups in total. The number of alkyl halides is 1. The summed E-state index contributed by atoms with van der Waals surface area (Å²) in [6, 6.07) is 16.5. The van der Waals surface area contributed by atoms with E-state index in [-0.39, 0.29) is 12.1 Å². The second-order valence-corrected chi connectivity index (χ2v) is 6.25. The quantitative estimate of drug-likeness (QED) is 0.620. The predicted molar refractivity (Wildman–Crippen MR) is 91.5 cm³/mol. The minimum absolute atomic E-state index is 0.141. The fourth-order valence-electron chi connectivity index (χ4n) is 2.95. The third-order valence-electron chi connectivity index (χ3n) is 4.43. The van der Waals surface area contributed by atoms with Gasteiger partial charge in [0.05, 0.1) is 5.56 Å². The summed E-state index contributed by atoms with van der Waals surface area (Å²) in [5.41, 5.74) is 2.35. The van der Waals surface area contributed by atoms with E-state index in [4.69, 9.17) is 4.74 Å². The van der Waals surface area contributed by atoms with Crippen LogP contribution in [0.5, 0.6) is 0 Å². The van der Waals surface area contributed by atoms with Gasteiger partial charge >= 0.3 is 5.97 Å². The van der Waals surface area contributed by atoms with Gasteiger partial charge in [0.15, 0.2) is 6.30 Å². The molecule has 0 saturated carbocycles. The number of halogens is 1. The summed E-state index contributed by atoms with van der Waals surface area (Å²) >= 11 is 0. The maximum atomic E-state index is 14.5. The van der Waals surface area contributed by atoms with Crippen LogP contribution in [0, 0.1) is 6.92 Å². The van der Waals surface area contributed by atoms with Crippen LogP contribution in [0.15, 0.2) is 54.6 Å². The molecule has 2 aromatic carbocycles. The van der Waals surface area contributed by atoms with Crippen molar-refractivity contribution in [3.8, 4) is 0 Å². The Bertz CT molecular complexity index is 664. The average Bonchev–Trinajstić information content (AvgIpc) is 2.63. The molecule has 1 aliphatic rings. The van der Waals surface area contributed by atoms with Crippen molar-refractivity contribution in [2.75, 3.05) is 13.1 Å². The van der Waals surface area contributed by atoms with Crippen LogP contribution in [-0.2, 0) is 4.74 Å². The Morgan fingerprint density at radius 3 is 2.33 bits per heavy atom. The molecule has 1 unspecified atom stereocenters. The third kappa shape index (κ3) is 4.01. The maximum Gasteiger partial charge on any atom is 0.338 e. The Morgan fingerprint density at radius 1 is 1.08 bits per heavy atom. The zero-order chi connectivity index (χ0) is 16.9. The van der Waals surface area contributed by atoms with Crippen molar-refractivity contribution in [3.63, 3.8) is 0 Å². The second kappa shape index (κ2) is 7.58. The van der Waals surface area contributed by atoms with Crippen molar-refractivity contribution in [3.05, 3.63) is 71.3 Å². The molecule has 3 nitrogen and oxygen atoms in total. The smallest absolute Gasteiger partial charge is 0.338 e. The van der Waals surface area contributed by atoms with Gasteiger partial charge in [0, 0.05) is 18.7 Å². The van der Waals surface area contributed by atoms with E-state index in [2.05, 4.69) is 0 Å². The largest absolute Gasteiger partial charge is 0.459 e. The SMILES string of the molecule is Cc1ccc(C(=O)OC2CCN(C(F)c3ccccc3)CC2)cc1. The molecule has 1 atom stereocenters. The molecule has 1 saturated heterocycles. The number of carbonyl (C=O) groups excluding carboxylic acids is 1. The van der Waals surface area contributed by atoms with Crippen molar-refractivity contribution < 1.29 is 13.9 Å². The van der Waals surface area contributed by atoms with Gasteiger partial charge < -0.3 is 4.74 Å². The monoisotopic (exact) mass is 327 g/mol. The lowest BCUT2D eigenvalue weighted by Gasteiger charge is -2.33. The topological polar surface area (TPSA) is 29.5 Å². The number of aryl methyl sites for hydroxylation is 1. The summed E-state index contributed by atoms with van der Waals surface area (Å²) in [6.45, 7) is 3.15. The Kier molecular flexibility index (Phi) is 5.26. The van der Waals surface area contributed by atoms with Crippen LogP contribution in [0.25, 0.3) is 0 Å². The van der Waals surface area contributed by atoms with Gasteiger partial charge in [0.25, 0.3) is 0 Å². The molecule has 1 fully saturated rings. The number of esters is 1. The molecule has 0 aliphatic carbocycles. The Labute approximate surface area is 142 Å². The Hall–Kier alpha value is -2.20. The van der Waals surface area contributed by atoms with E-state index in [0.29, 0.717) is 37.1 Å². The van der Waals surface area contributed by atoms with Gasteiger partial charge in [0.1, 0.15) is 6.10 Å². The van der Waals surface area contributed by atoms with Gasteiger partial charge in [-0.3, -0.25) is 4.90 Å². The lowest BCUT2D eigenvalue weighted by molar-refractivity contribution is -0.0110. The second-order valence-electron chi connectivity index (χ2n) is 6.25. The van der Waals surface area contributed by atoms with Crippen LogP contribution in [0.3, 0.4) is 0 Å². The van der Waals surface area contributed by atoms with E-state index in [1.165, 1.54) is 0 Å². The first kappa shape index (κ1) is 16.7. The summed E-state index contributed by atoms with van der Waals surface area (Å²) in [7, 11) is 0. The van der Waals surface area contributed by atoms with Crippen LogP contribution in [0.2, 0.25) is 0 Å². The Morgan fingerprint density at radius 2 is 1.71 bits per heavy atom. The molecule has 0 radical (unpaired) electrons. The van der Waals surface area contributed by atoms with Crippen molar-refractivity contribution in [1.29, 1.82) is 0 Å². The highest BCUT2D eigenvalue weighted by Crippen LogP contribution is 2.26. The number of likely N-dealkylation sites (tertiary alicyclic amines) is 1. The minimum atomic E-state index is -1.10. The Balaban J connectivity index is 1.52. The molecular weight excluding hydrogens is 305 g/mol. The van der Waals surface area contributed by atoms with Gasteiger partial charge in [0.2, 0.25) is 0 Å². The number of hydrogen-bond acceptors (Lipinski definition) is 3. The van der Waals surface area contributed by atoms with E-state index < -0.39 is 6.30 Å². The number of hydrogen-bond donors (Lipinski definition) is 0. The van der Waals surface area contributed by atoms with Crippen LogP contribution in [0.4, 0.5) is 4.39 Å². The van der Waals surface area contributed by atoms with Crippen molar-refractivity contribution in [2.24, 2.45) is 0 Å². The molecule has 0 bridgehead atoms.